The van der Waals surface area contributed by atoms with E-state index in [2.05, 4.69) is 10.6 Å². The van der Waals surface area contributed by atoms with Crippen LogP contribution in [0.15, 0.2) is 24.3 Å². The molecule has 1 aromatic rings. The largest absolute Gasteiger partial charge is 0.372 e. The van der Waals surface area contributed by atoms with E-state index in [9.17, 15) is 14.4 Å². The monoisotopic (exact) mass is 248 g/mol. The van der Waals surface area contributed by atoms with Gasteiger partial charge in [-0.25, -0.2) is 4.79 Å². The number of benzene rings is 1. The van der Waals surface area contributed by atoms with Crippen LogP contribution in [0.5, 0.6) is 0 Å². The summed E-state index contributed by atoms with van der Waals surface area (Å²) in [4.78, 5) is 33.6. The molecule has 2 rings (SSSR count). The van der Waals surface area contributed by atoms with Crippen molar-refractivity contribution in [2.24, 2.45) is 5.73 Å². The molecule has 0 aliphatic carbocycles. The molecule has 0 unspecified atom stereocenters. The van der Waals surface area contributed by atoms with E-state index in [-0.39, 0.29) is 12.3 Å². The minimum absolute atomic E-state index is 0.164. The molecule has 0 aromatic heterocycles. The summed E-state index contributed by atoms with van der Waals surface area (Å²) >= 11 is 0. The van der Waals surface area contributed by atoms with E-state index >= 15 is 0 Å². The highest BCUT2D eigenvalue weighted by molar-refractivity contribution is 6.05. The van der Waals surface area contributed by atoms with E-state index in [0.717, 1.165) is 5.69 Å². The Hall–Kier alpha value is -2.57. The van der Waals surface area contributed by atoms with Crippen LogP contribution in [0, 0.1) is 0 Å². The first-order chi connectivity index (χ1) is 8.56. The molecule has 5 N–H and O–H groups in total. The molecule has 4 amide bonds. The van der Waals surface area contributed by atoms with Crippen LogP contribution < -0.4 is 21.7 Å². The van der Waals surface area contributed by atoms with Gasteiger partial charge in [0.15, 0.2) is 0 Å². The number of fused-ring (bicyclic) bond motifs is 1. The van der Waals surface area contributed by atoms with Crippen molar-refractivity contribution >= 4 is 29.2 Å². The first-order valence-electron chi connectivity index (χ1n) is 5.32. The maximum Gasteiger partial charge on any atom is 0.318 e. The lowest BCUT2D eigenvalue weighted by Crippen LogP contribution is -2.44. The van der Waals surface area contributed by atoms with Gasteiger partial charge < -0.3 is 16.4 Å². The van der Waals surface area contributed by atoms with Gasteiger partial charge in [-0.15, -0.1) is 0 Å². The van der Waals surface area contributed by atoms with Crippen molar-refractivity contribution in [3.63, 3.8) is 0 Å². The van der Waals surface area contributed by atoms with Gasteiger partial charge in [-0.2, -0.15) is 0 Å². The zero-order chi connectivity index (χ0) is 13.1. The standard InChI is InChI=1S/C11H12N4O3/c12-11(18)15-9(16)5-8-10(17)14-7-4-2-1-3-6(7)13-8/h1-4,8,13H,5H2,(H,14,17)(H3,12,15,16,18)/t8-/m1/s1. The number of carbonyl (C=O) groups is 3. The number of nitrogens with two attached hydrogens (primary N) is 1. The third-order valence-corrected chi connectivity index (χ3v) is 2.48. The summed E-state index contributed by atoms with van der Waals surface area (Å²) in [6, 6.07) is 5.48. The summed E-state index contributed by atoms with van der Waals surface area (Å²) < 4.78 is 0. The van der Waals surface area contributed by atoms with Crippen molar-refractivity contribution in [1.29, 1.82) is 0 Å². The zero-order valence-corrected chi connectivity index (χ0v) is 9.40. The number of nitrogens with one attached hydrogen (secondary N) is 3. The lowest BCUT2D eigenvalue weighted by atomic mass is 10.1. The van der Waals surface area contributed by atoms with Crippen LogP contribution in [0.1, 0.15) is 6.42 Å². The second kappa shape index (κ2) is 4.74. The summed E-state index contributed by atoms with van der Waals surface area (Å²) in [6.07, 6.45) is -0.164. The van der Waals surface area contributed by atoms with Gasteiger partial charge in [0.2, 0.25) is 11.8 Å². The molecule has 94 valence electrons. The maximum absolute atomic E-state index is 11.7. The van der Waals surface area contributed by atoms with Crippen molar-refractivity contribution in [3.8, 4) is 0 Å². The van der Waals surface area contributed by atoms with Gasteiger partial charge in [-0.05, 0) is 12.1 Å². The van der Waals surface area contributed by atoms with E-state index in [4.69, 9.17) is 5.73 Å². The highest BCUT2D eigenvalue weighted by Gasteiger charge is 2.27. The molecule has 0 spiro atoms. The normalized spacial score (nSPS) is 17.1. The first kappa shape index (κ1) is 11.9. The van der Waals surface area contributed by atoms with Crippen LogP contribution in [0.3, 0.4) is 0 Å². The molecule has 7 heteroatoms. The van der Waals surface area contributed by atoms with Gasteiger partial charge in [0.05, 0.1) is 17.8 Å². The number of primary amides is 1. The third-order valence-electron chi connectivity index (χ3n) is 2.48. The molecule has 0 bridgehead atoms. The van der Waals surface area contributed by atoms with E-state index in [0.29, 0.717) is 5.69 Å². The number of amides is 4. The fourth-order valence-electron chi connectivity index (χ4n) is 1.71. The Morgan fingerprint density at radius 1 is 1.28 bits per heavy atom. The average molecular weight is 248 g/mol. The third kappa shape index (κ3) is 2.57. The number of urea groups is 1. The number of carbonyl (C=O) groups excluding carboxylic acids is 3. The van der Waals surface area contributed by atoms with Gasteiger partial charge in [0.1, 0.15) is 6.04 Å². The zero-order valence-electron chi connectivity index (χ0n) is 9.40. The number of hydrogen-bond donors (Lipinski definition) is 4. The predicted molar refractivity (Wildman–Crippen MR) is 64.8 cm³/mol. The van der Waals surface area contributed by atoms with Crippen molar-refractivity contribution in [2.75, 3.05) is 10.6 Å². The fourth-order valence-corrected chi connectivity index (χ4v) is 1.71. The molecular weight excluding hydrogens is 236 g/mol. The minimum atomic E-state index is -0.934. The number of rotatable bonds is 2. The van der Waals surface area contributed by atoms with Crippen molar-refractivity contribution in [3.05, 3.63) is 24.3 Å². The molecule has 1 heterocycles. The van der Waals surface area contributed by atoms with Gasteiger partial charge in [-0.3, -0.25) is 14.9 Å². The smallest absolute Gasteiger partial charge is 0.318 e. The van der Waals surface area contributed by atoms with Gasteiger partial charge in [0.25, 0.3) is 0 Å². The van der Waals surface area contributed by atoms with Crippen LogP contribution in [-0.4, -0.2) is 23.9 Å². The Labute approximate surface area is 103 Å². The number of hydrogen-bond acceptors (Lipinski definition) is 4. The quantitative estimate of drug-likeness (QED) is 0.590. The number of anilines is 2. The maximum atomic E-state index is 11.7. The molecule has 0 saturated heterocycles. The van der Waals surface area contributed by atoms with Crippen LogP contribution in [0.4, 0.5) is 16.2 Å². The molecule has 7 nitrogen and oxygen atoms in total. The summed E-state index contributed by atoms with van der Waals surface area (Å²) in [7, 11) is 0. The van der Waals surface area contributed by atoms with Crippen LogP contribution in [0.25, 0.3) is 0 Å². The topological polar surface area (TPSA) is 113 Å². The second-order valence-corrected chi connectivity index (χ2v) is 3.85. The minimum Gasteiger partial charge on any atom is -0.372 e. The SMILES string of the molecule is NC(=O)NC(=O)C[C@H]1Nc2ccccc2NC1=O. The predicted octanol–water partition coefficient (Wildman–Crippen LogP) is 0.00420. The van der Waals surface area contributed by atoms with Crippen LogP contribution in [0.2, 0.25) is 0 Å². The van der Waals surface area contributed by atoms with Crippen molar-refractivity contribution in [2.45, 2.75) is 12.5 Å². The molecule has 1 aliphatic rings. The second-order valence-electron chi connectivity index (χ2n) is 3.85. The van der Waals surface area contributed by atoms with Gasteiger partial charge in [0, 0.05) is 0 Å². The Kier molecular flexibility index (Phi) is 3.13. The molecule has 0 saturated carbocycles. The van der Waals surface area contributed by atoms with E-state index in [1.165, 1.54) is 0 Å². The van der Waals surface area contributed by atoms with E-state index < -0.39 is 18.0 Å². The van der Waals surface area contributed by atoms with E-state index in [1.54, 1.807) is 18.2 Å². The average Bonchev–Trinajstić information content (AvgIpc) is 2.29. The lowest BCUT2D eigenvalue weighted by molar-refractivity contribution is -0.124. The Morgan fingerprint density at radius 2 is 1.94 bits per heavy atom. The lowest BCUT2D eigenvalue weighted by Gasteiger charge is -2.26. The van der Waals surface area contributed by atoms with Crippen LogP contribution >= 0.6 is 0 Å². The fraction of sp³-hybridized carbons (Fsp3) is 0.182. The van der Waals surface area contributed by atoms with Gasteiger partial charge >= 0.3 is 6.03 Å². The van der Waals surface area contributed by atoms with E-state index in [1.807, 2.05) is 11.4 Å². The highest BCUT2D eigenvalue weighted by Crippen LogP contribution is 2.26. The molecule has 1 aromatic carbocycles. The van der Waals surface area contributed by atoms with Gasteiger partial charge in [-0.1, -0.05) is 12.1 Å². The number of imide groups is 1. The summed E-state index contributed by atoms with van der Waals surface area (Å²) in [5.41, 5.74) is 6.21. The molecule has 1 atom stereocenters. The van der Waals surface area contributed by atoms with Crippen molar-refractivity contribution < 1.29 is 14.4 Å². The summed E-state index contributed by atoms with van der Waals surface area (Å²) in [5, 5.41) is 7.51. The highest BCUT2D eigenvalue weighted by atomic mass is 16.2. The Balaban J connectivity index is 2.06. The summed E-state index contributed by atoms with van der Waals surface area (Å²) in [6.45, 7) is 0. The molecule has 1 aliphatic heterocycles. The first-order valence-corrected chi connectivity index (χ1v) is 5.32. The number of para-hydroxylation sites is 2. The Morgan fingerprint density at radius 3 is 2.61 bits per heavy atom. The summed E-state index contributed by atoms with van der Waals surface area (Å²) in [5.74, 6) is -0.928. The Bertz CT molecular complexity index is 515. The molecule has 18 heavy (non-hydrogen) atoms. The van der Waals surface area contributed by atoms with Crippen LogP contribution in [-0.2, 0) is 9.59 Å². The van der Waals surface area contributed by atoms with Crippen molar-refractivity contribution in [1.82, 2.24) is 5.32 Å². The molecule has 0 radical (unpaired) electrons. The molecule has 0 fully saturated rings. The molecular formula is C11H12N4O3.